The number of rotatable bonds is 9. The van der Waals surface area contributed by atoms with Gasteiger partial charge in [-0.25, -0.2) is 8.42 Å². The van der Waals surface area contributed by atoms with E-state index < -0.39 is 16.1 Å². The Morgan fingerprint density at radius 2 is 2.09 bits per heavy atom. The highest BCUT2D eigenvalue weighted by molar-refractivity contribution is 7.88. The van der Waals surface area contributed by atoms with Crippen LogP contribution in [0.25, 0.3) is 0 Å². The molecule has 1 aliphatic heterocycles. The van der Waals surface area contributed by atoms with E-state index >= 15 is 0 Å². The standard InChI is InChI=1S/C14H28N2O5S/c1-5-16(22(4,18)19)9-12(21-11(2)3)10-20-14(17)13-7-6-8-15-13/h11-13,15H,5-10H2,1-4H3/t12-,13-/m0/s1. The van der Waals surface area contributed by atoms with Crippen molar-refractivity contribution in [2.45, 2.75) is 51.9 Å². The van der Waals surface area contributed by atoms with Gasteiger partial charge in [-0.15, -0.1) is 0 Å². The monoisotopic (exact) mass is 336 g/mol. The summed E-state index contributed by atoms with van der Waals surface area (Å²) in [6.45, 7) is 6.91. The molecule has 0 amide bonds. The Kier molecular flexibility index (Phi) is 7.75. The Balaban J connectivity index is 2.57. The Morgan fingerprint density at radius 3 is 2.55 bits per heavy atom. The number of nitrogens with zero attached hydrogens (tertiary/aromatic N) is 1. The summed E-state index contributed by atoms with van der Waals surface area (Å²) in [4.78, 5) is 11.9. The molecule has 7 nitrogen and oxygen atoms in total. The van der Waals surface area contributed by atoms with Gasteiger partial charge in [-0.2, -0.15) is 4.31 Å². The van der Waals surface area contributed by atoms with Crippen molar-refractivity contribution in [2.75, 3.05) is 32.5 Å². The molecule has 1 fully saturated rings. The summed E-state index contributed by atoms with van der Waals surface area (Å²) in [6, 6.07) is -0.253. The van der Waals surface area contributed by atoms with Crippen molar-refractivity contribution in [1.29, 1.82) is 0 Å². The molecule has 0 radical (unpaired) electrons. The fourth-order valence-electron chi connectivity index (χ4n) is 2.41. The second kappa shape index (κ2) is 8.81. The van der Waals surface area contributed by atoms with Crippen LogP contribution in [0.5, 0.6) is 0 Å². The predicted molar refractivity (Wildman–Crippen MR) is 84.1 cm³/mol. The first kappa shape index (κ1) is 19.3. The van der Waals surface area contributed by atoms with Crippen LogP contribution in [0.1, 0.15) is 33.6 Å². The highest BCUT2D eigenvalue weighted by Crippen LogP contribution is 2.09. The number of esters is 1. The molecule has 1 aliphatic rings. The SMILES string of the molecule is CCN(C[C@@H](COC(=O)[C@@H]1CCCN1)OC(C)C)S(C)(=O)=O. The summed E-state index contributed by atoms with van der Waals surface area (Å²) in [5.41, 5.74) is 0. The number of hydrogen-bond acceptors (Lipinski definition) is 6. The highest BCUT2D eigenvalue weighted by Gasteiger charge is 2.26. The zero-order chi connectivity index (χ0) is 16.8. The molecule has 0 spiro atoms. The van der Waals surface area contributed by atoms with Gasteiger partial charge < -0.3 is 14.8 Å². The van der Waals surface area contributed by atoms with Crippen molar-refractivity contribution < 1.29 is 22.7 Å². The molecule has 0 aliphatic carbocycles. The van der Waals surface area contributed by atoms with Crippen LogP contribution in [-0.4, -0.2) is 69.4 Å². The van der Waals surface area contributed by atoms with Crippen molar-refractivity contribution in [3.63, 3.8) is 0 Å². The lowest BCUT2D eigenvalue weighted by Gasteiger charge is -2.26. The molecule has 0 aromatic rings. The molecule has 0 unspecified atom stereocenters. The summed E-state index contributed by atoms with van der Waals surface area (Å²) < 4.78 is 35.7. The van der Waals surface area contributed by atoms with Gasteiger partial charge in [-0.05, 0) is 33.2 Å². The lowest BCUT2D eigenvalue weighted by Crippen LogP contribution is -2.42. The maximum absolute atomic E-state index is 11.9. The van der Waals surface area contributed by atoms with E-state index in [4.69, 9.17) is 9.47 Å². The topological polar surface area (TPSA) is 84.9 Å². The van der Waals surface area contributed by atoms with Gasteiger partial charge in [0.15, 0.2) is 0 Å². The van der Waals surface area contributed by atoms with Crippen LogP contribution in [0.15, 0.2) is 0 Å². The second-order valence-electron chi connectivity index (χ2n) is 5.80. The smallest absolute Gasteiger partial charge is 0.323 e. The van der Waals surface area contributed by atoms with E-state index in [1.165, 1.54) is 4.31 Å². The van der Waals surface area contributed by atoms with E-state index in [-0.39, 0.29) is 31.3 Å². The molecule has 22 heavy (non-hydrogen) atoms. The molecule has 1 N–H and O–H groups in total. The minimum absolute atomic E-state index is 0.0568. The van der Waals surface area contributed by atoms with E-state index in [1.54, 1.807) is 6.92 Å². The Labute approximate surface area is 133 Å². The van der Waals surface area contributed by atoms with Crippen molar-refractivity contribution in [1.82, 2.24) is 9.62 Å². The molecule has 0 aromatic heterocycles. The van der Waals surface area contributed by atoms with Gasteiger partial charge in [0.1, 0.15) is 18.8 Å². The number of likely N-dealkylation sites (N-methyl/N-ethyl adjacent to an activating group) is 1. The summed E-state index contributed by atoms with van der Waals surface area (Å²) in [7, 11) is -3.30. The maximum atomic E-state index is 11.9. The molecule has 0 saturated carbocycles. The van der Waals surface area contributed by atoms with E-state index in [1.807, 2.05) is 13.8 Å². The van der Waals surface area contributed by atoms with E-state index in [0.717, 1.165) is 25.6 Å². The summed E-state index contributed by atoms with van der Waals surface area (Å²) in [5, 5.41) is 3.08. The van der Waals surface area contributed by atoms with Gasteiger partial charge in [0, 0.05) is 13.1 Å². The lowest BCUT2D eigenvalue weighted by atomic mass is 10.2. The minimum atomic E-state index is -3.30. The van der Waals surface area contributed by atoms with Crippen molar-refractivity contribution >= 4 is 16.0 Å². The van der Waals surface area contributed by atoms with E-state index in [2.05, 4.69) is 5.32 Å². The Hall–Kier alpha value is -0.700. The van der Waals surface area contributed by atoms with Crippen LogP contribution in [-0.2, 0) is 24.3 Å². The number of nitrogens with one attached hydrogen (secondary N) is 1. The first-order valence-corrected chi connectivity index (χ1v) is 9.59. The molecule has 1 rings (SSSR count). The third-order valence-electron chi connectivity index (χ3n) is 3.45. The normalized spacial score (nSPS) is 20.5. The summed E-state index contributed by atoms with van der Waals surface area (Å²) in [5.74, 6) is -0.294. The molecule has 1 heterocycles. The van der Waals surface area contributed by atoms with Gasteiger partial charge in [0.25, 0.3) is 0 Å². The largest absolute Gasteiger partial charge is 0.462 e. The summed E-state index contributed by atoms with van der Waals surface area (Å²) in [6.07, 6.45) is 2.35. The molecular formula is C14H28N2O5S. The zero-order valence-corrected chi connectivity index (χ0v) is 14.7. The van der Waals surface area contributed by atoms with Crippen molar-refractivity contribution in [3.8, 4) is 0 Å². The molecule has 2 atom stereocenters. The van der Waals surface area contributed by atoms with Gasteiger partial charge in [-0.1, -0.05) is 6.92 Å². The maximum Gasteiger partial charge on any atom is 0.323 e. The van der Waals surface area contributed by atoms with E-state index in [9.17, 15) is 13.2 Å². The van der Waals surface area contributed by atoms with Gasteiger partial charge >= 0.3 is 5.97 Å². The molecular weight excluding hydrogens is 308 g/mol. The van der Waals surface area contributed by atoms with Crippen LogP contribution in [0, 0.1) is 0 Å². The lowest BCUT2D eigenvalue weighted by molar-refractivity contribution is -0.151. The fourth-order valence-corrected chi connectivity index (χ4v) is 3.31. The number of carbonyl (C=O) groups is 1. The third kappa shape index (κ3) is 6.60. The Bertz CT molecular complexity index is 446. The van der Waals surface area contributed by atoms with Gasteiger partial charge in [0.05, 0.1) is 12.4 Å². The van der Waals surface area contributed by atoms with Crippen molar-refractivity contribution in [2.24, 2.45) is 0 Å². The van der Waals surface area contributed by atoms with Crippen LogP contribution < -0.4 is 5.32 Å². The number of carbonyl (C=O) groups excluding carboxylic acids is 1. The average molecular weight is 336 g/mol. The minimum Gasteiger partial charge on any atom is -0.462 e. The second-order valence-corrected chi connectivity index (χ2v) is 7.78. The molecule has 0 aromatic carbocycles. The number of ether oxygens (including phenoxy) is 2. The average Bonchev–Trinajstić information content (AvgIpc) is 2.93. The predicted octanol–water partition coefficient (Wildman–Crippen LogP) is 0.357. The Morgan fingerprint density at radius 1 is 1.41 bits per heavy atom. The number of hydrogen-bond donors (Lipinski definition) is 1. The molecule has 8 heteroatoms. The first-order chi connectivity index (χ1) is 10.2. The van der Waals surface area contributed by atoms with Gasteiger partial charge in [0.2, 0.25) is 10.0 Å². The van der Waals surface area contributed by atoms with Crippen LogP contribution in [0.3, 0.4) is 0 Å². The number of sulfonamides is 1. The molecule has 1 saturated heterocycles. The third-order valence-corrected chi connectivity index (χ3v) is 4.80. The zero-order valence-electron chi connectivity index (χ0n) is 13.9. The summed E-state index contributed by atoms with van der Waals surface area (Å²) >= 11 is 0. The first-order valence-electron chi connectivity index (χ1n) is 7.74. The van der Waals surface area contributed by atoms with E-state index in [0.29, 0.717) is 6.54 Å². The molecule has 130 valence electrons. The van der Waals surface area contributed by atoms with Crippen LogP contribution >= 0.6 is 0 Å². The van der Waals surface area contributed by atoms with Crippen LogP contribution in [0.2, 0.25) is 0 Å². The molecule has 0 bridgehead atoms. The highest BCUT2D eigenvalue weighted by atomic mass is 32.2. The van der Waals surface area contributed by atoms with Crippen molar-refractivity contribution in [3.05, 3.63) is 0 Å². The quantitative estimate of drug-likeness (QED) is 0.612. The van der Waals surface area contributed by atoms with Crippen LogP contribution in [0.4, 0.5) is 0 Å². The fraction of sp³-hybridized carbons (Fsp3) is 0.929. The van der Waals surface area contributed by atoms with Gasteiger partial charge in [-0.3, -0.25) is 4.79 Å².